The van der Waals surface area contributed by atoms with Crippen molar-refractivity contribution in [1.82, 2.24) is 9.80 Å². The molecule has 1 fully saturated rings. The van der Waals surface area contributed by atoms with Crippen LogP contribution in [-0.4, -0.2) is 50.1 Å². The maximum Gasteiger partial charge on any atom is 0.163 e. The maximum atomic E-state index is 13.7. The molecule has 21 heavy (non-hydrogen) atoms. The summed E-state index contributed by atoms with van der Waals surface area (Å²) in [4.78, 5) is 4.58. The van der Waals surface area contributed by atoms with Gasteiger partial charge in [-0.1, -0.05) is 12.1 Å². The van der Waals surface area contributed by atoms with Gasteiger partial charge in [-0.15, -0.1) is 0 Å². The van der Waals surface area contributed by atoms with Crippen molar-refractivity contribution >= 4 is 0 Å². The molecule has 0 radical (unpaired) electrons. The fraction of sp³-hybridized carbons (Fsp3) is 0.625. The third kappa shape index (κ3) is 4.46. The summed E-state index contributed by atoms with van der Waals surface area (Å²) in [5, 5.41) is 0. The van der Waals surface area contributed by atoms with Crippen LogP contribution < -0.4 is 5.73 Å². The summed E-state index contributed by atoms with van der Waals surface area (Å²) in [5.74, 6) is -0.947. The van der Waals surface area contributed by atoms with E-state index in [0.717, 1.165) is 32.2 Å². The third-order valence-electron chi connectivity index (χ3n) is 4.26. The van der Waals surface area contributed by atoms with Crippen LogP contribution in [0, 0.1) is 17.6 Å². The summed E-state index contributed by atoms with van der Waals surface area (Å²) in [6, 6.07) is 3.73. The highest BCUT2D eigenvalue weighted by Crippen LogP contribution is 2.21. The normalized spacial score (nSPS) is 21.1. The second-order valence-corrected chi connectivity index (χ2v) is 6.22. The first-order valence-corrected chi connectivity index (χ1v) is 7.54. The number of likely N-dealkylation sites (tertiary alicyclic amines) is 1. The minimum absolute atomic E-state index is 0.268. The molecule has 1 aromatic carbocycles. The van der Waals surface area contributed by atoms with Crippen molar-refractivity contribution in [3.8, 4) is 0 Å². The van der Waals surface area contributed by atoms with Crippen molar-refractivity contribution in [3.63, 3.8) is 0 Å². The molecule has 0 bridgehead atoms. The Morgan fingerprint density at radius 3 is 2.86 bits per heavy atom. The van der Waals surface area contributed by atoms with E-state index in [9.17, 15) is 8.78 Å². The van der Waals surface area contributed by atoms with E-state index in [1.807, 2.05) is 0 Å². The predicted octanol–water partition coefficient (Wildman–Crippen LogP) is 2.24. The topological polar surface area (TPSA) is 32.5 Å². The van der Waals surface area contributed by atoms with Crippen molar-refractivity contribution in [2.24, 2.45) is 11.7 Å². The van der Waals surface area contributed by atoms with Crippen molar-refractivity contribution in [2.45, 2.75) is 18.9 Å². The molecule has 5 heteroatoms. The van der Waals surface area contributed by atoms with Crippen LogP contribution in [0.1, 0.15) is 24.4 Å². The fourth-order valence-electron chi connectivity index (χ4n) is 3.03. The Kier molecular flexibility index (Phi) is 5.67. The van der Waals surface area contributed by atoms with E-state index in [-0.39, 0.29) is 5.56 Å². The predicted molar refractivity (Wildman–Crippen MR) is 81.0 cm³/mol. The lowest BCUT2D eigenvalue weighted by Gasteiger charge is -2.23. The van der Waals surface area contributed by atoms with Crippen LogP contribution in [0.4, 0.5) is 8.78 Å². The zero-order chi connectivity index (χ0) is 15.4. The first kappa shape index (κ1) is 16.3. The van der Waals surface area contributed by atoms with Crippen LogP contribution in [-0.2, 0) is 0 Å². The van der Waals surface area contributed by atoms with Crippen LogP contribution in [0.5, 0.6) is 0 Å². The summed E-state index contributed by atoms with van der Waals surface area (Å²) >= 11 is 0. The number of rotatable bonds is 6. The van der Waals surface area contributed by atoms with Gasteiger partial charge in [0.25, 0.3) is 0 Å². The van der Waals surface area contributed by atoms with Crippen LogP contribution in [0.15, 0.2) is 18.2 Å². The van der Waals surface area contributed by atoms with Gasteiger partial charge in [0.2, 0.25) is 0 Å². The standard InChI is InChI=1S/C16H25F2N3/c1-20-8-6-12(10-20)11-21(2)9-7-15(19)13-4-3-5-14(17)16(13)18/h3-5,12,15H,6-11,19H2,1-2H3. The second kappa shape index (κ2) is 7.29. The molecule has 2 rings (SSSR count). The second-order valence-electron chi connectivity index (χ2n) is 6.22. The summed E-state index contributed by atoms with van der Waals surface area (Å²) in [7, 11) is 4.20. The Labute approximate surface area is 125 Å². The number of nitrogens with two attached hydrogens (primary N) is 1. The Morgan fingerprint density at radius 2 is 2.19 bits per heavy atom. The van der Waals surface area contributed by atoms with Gasteiger partial charge in [0, 0.05) is 24.7 Å². The molecule has 1 saturated heterocycles. The molecule has 2 unspecified atom stereocenters. The minimum Gasteiger partial charge on any atom is -0.324 e. The molecular formula is C16H25F2N3. The molecule has 2 N–H and O–H groups in total. The smallest absolute Gasteiger partial charge is 0.163 e. The first-order chi connectivity index (χ1) is 9.97. The number of nitrogens with zero attached hydrogens (tertiary/aromatic N) is 2. The highest BCUT2D eigenvalue weighted by Gasteiger charge is 2.21. The molecule has 1 heterocycles. The molecule has 0 amide bonds. The molecule has 0 spiro atoms. The minimum atomic E-state index is -0.828. The lowest BCUT2D eigenvalue weighted by Crippen LogP contribution is -2.30. The van der Waals surface area contributed by atoms with Crippen molar-refractivity contribution < 1.29 is 8.78 Å². The molecule has 3 nitrogen and oxygen atoms in total. The Bertz CT molecular complexity index is 467. The van der Waals surface area contributed by atoms with Crippen LogP contribution in [0.2, 0.25) is 0 Å². The number of benzene rings is 1. The Morgan fingerprint density at radius 1 is 1.43 bits per heavy atom. The van der Waals surface area contributed by atoms with E-state index >= 15 is 0 Å². The molecular weight excluding hydrogens is 272 g/mol. The Balaban J connectivity index is 1.80. The number of halogens is 2. The zero-order valence-electron chi connectivity index (χ0n) is 12.9. The van der Waals surface area contributed by atoms with Gasteiger partial charge in [0.15, 0.2) is 11.6 Å². The fourth-order valence-corrected chi connectivity index (χ4v) is 3.03. The quantitative estimate of drug-likeness (QED) is 0.874. The van der Waals surface area contributed by atoms with Crippen molar-refractivity contribution in [1.29, 1.82) is 0 Å². The highest BCUT2D eigenvalue weighted by molar-refractivity contribution is 5.22. The van der Waals surface area contributed by atoms with Gasteiger partial charge < -0.3 is 15.5 Å². The van der Waals surface area contributed by atoms with Gasteiger partial charge in [-0.3, -0.25) is 0 Å². The van der Waals surface area contributed by atoms with Gasteiger partial charge >= 0.3 is 0 Å². The van der Waals surface area contributed by atoms with Gasteiger partial charge in [-0.2, -0.15) is 0 Å². The zero-order valence-corrected chi connectivity index (χ0v) is 12.9. The van der Waals surface area contributed by atoms with Crippen molar-refractivity contribution in [2.75, 3.05) is 40.3 Å². The van der Waals surface area contributed by atoms with E-state index in [4.69, 9.17) is 5.73 Å². The van der Waals surface area contributed by atoms with E-state index < -0.39 is 17.7 Å². The molecule has 118 valence electrons. The van der Waals surface area contributed by atoms with Gasteiger partial charge in [0.1, 0.15) is 0 Å². The lowest BCUT2D eigenvalue weighted by molar-refractivity contribution is 0.264. The molecule has 1 aromatic rings. The maximum absolute atomic E-state index is 13.7. The lowest BCUT2D eigenvalue weighted by atomic mass is 10.0. The largest absolute Gasteiger partial charge is 0.324 e. The SMILES string of the molecule is CN1CCC(CN(C)CCC(N)c2cccc(F)c2F)C1. The first-order valence-electron chi connectivity index (χ1n) is 7.54. The summed E-state index contributed by atoms with van der Waals surface area (Å²) < 4.78 is 26.9. The van der Waals surface area contributed by atoms with E-state index in [0.29, 0.717) is 12.3 Å². The monoisotopic (exact) mass is 297 g/mol. The average molecular weight is 297 g/mol. The molecule has 1 aliphatic rings. The van der Waals surface area contributed by atoms with E-state index in [2.05, 4.69) is 23.9 Å². The van der Waals surface area contributed by atoms with E-state index in [1.165, 1.54) is 12.5 Å². The average Bonchev–Trinajstić information content (AvgIpc) is 2.84. The number of hydrogen-bond acceptors (Lipinski definition) is 3. The van der Waals surface area contributed by atoms with Crippen LogP contribution in [0.3, 0.4) is 0 Å². The summed E-state index contributed by atoms with van der Waals surface area (Å²) in [6.07, 6.45) is 1.85. The highest BCUT2D eigenvalue weighted by atomic mass is 19.2. The molecule has 2 atom stereocenters. The summed E-state index contributed by atoms with van der Waals surface area (Å²) in [5.41, 5.74) is 6.27. The van der Waals surface area contributed by atoms with Gasteiger partial charge in [-0.05, 0) is 52.0 Å². The number of hydrogen-bond donors (Lipinski definition) is 1. The molecule has 0 aromatic heterocycles. The van der Waals surface area contributed by atoms with Crippen LogP contribution in [0.25, 0.3) is 0 Å². The molecule has 0 aliphatic carbocycles. The summed E-state index contributed by atoms with van der Waals surface area (Å²) in [6.45, 7) is 4.11. The van der Waals surface area contributed by atoms with Crippen molar-refractivity contribution in [3.05, 3.63) is 35.4 Å². The van der Waals surface area contributed by atoms with Crippen LogP contribution >= 0.6 is 0 Å². The van der Waals surface area contributed by atoms with Gasteiger partial charge in [-0.25, -0.2) is 8.78 Å². The Hall–Kier alpha value is -1.04. The third-order valence-corrected chi connectivity index (χ3v) is 4.26. The molecule has 1 aliphatic heterocycles. The van der Waals surface area contributed by atoms with Gasteiger partial charge in [0.05, 0.1) is 0 Å². The van der Waals surface area contributed by atoms with E-state index in [1.54, 1.807) is 6.07 Å². The molecule has 0 saturated carbocycles.